The van der Waals surface area contributed by atoms with Gasteiger partial charge < -0.3 is 0 Å². The maximum absolute atomic E-state index is 14.7. The van der Waals surface area contributed by atoms with Gasteiger partial charge in [-0.05, 0) is 89.1 Å². The van der Waals surface area contributed by atoms with Crippen LogP contribution in [0.4, 0.5) is 8.78 Å². The van der Waals surface area contributed by atoms with Crippen molar-refractivity contribution >= 4 is 37.7 Å². The molecule has 0 unspecified atom stereocenters. The highest BCUT2D eigenvalue weighted by atomic mass is 127. The molecule has 3 aliphatic rings. The number of aryl methyl sites for hydroxylation is 1. The lowest BCUT2D eigenvalue weighted by atomic mass is 9.55. The van der Waals surface area contributed by atoms with Gasteiger partial charge in [0, 0.05) is 27.1 Å². The highest BCUT2D eigenvalue weighted by Crippen LogP contribution is 2.59. The van der Waals surface area contributed by atoms with Crippen molar-refractivity contribution in [3.63, 3.8) is 0 Å². The first-order valence-corrected chi connectivity index (χ1v) is 12.8. The maximum atomic E-state index is 14.7. The van der Waals surface area contributed by atoms with Crippen LogP contribution in [0.1, 0.15) is 72.0 Å². The number of alkyl halides is 2. The van der Waals surface area contributed by atoms with E-state index in [2.05, 4.69) is 13.0 Å². The zero-order chi connectivity index (χ0) is 23.4. The average Bonchev–Trinajstić information content (AvgIpc) is 3.12. The molecular formula is C28H27F2IO2. The van der Waals surface area contributed by atoms with Crippen LogP contribution in [0, 0.1) is 17.3 Å². The maximum Gasteiger partial charge on any atom is 0.329 e. The fourth-order valence-electron chi connectivity index (χ4n) is 6.59. The smallest absolute Gasteiger partial charge is 0.299 e. The molecule has 172 valence electrons. The third-order valence-electron chi connectivity index (χ3n) is 8.36. The van der Waals surface area contributed by atoms with Crippen molar-refractivity contribution < 1.29 is 18.4 Å². The summed E-state index contributed by atoms with van der Waals surface area (Å²) in [4.78, 5) is 24.9. The van der Waals surface area contributed by atoms with Gasteiger partial charge in [0.1, 0.15) is 5.78 Å². The quantitative estimate of drug-likeness (QED) is 0.289. The standard InChI is InChI=1S/C28H27F2IO2/c1-27-14-13-21-20-9-8-19(15-18(20)7-10-22(21)23(27)11-12-25(27)32)24(31)16-28(29,30)26(33)17-5-3-2-4-6-17/h2-6,8-9,15-16,21-23H,7,10-14H2,1H3/b24-16+/t21-,22-,23+,27+/m1/s1. The summed E-state index contributed by atoms with van der Waals surface area (Å²) in [6.45, 7) is 2.17. The Hall–Kier alpha value is -1.89. The number of Topliss-reactive ketones (excluding diaryl/α,β-unsaturated/α-hetero) is 2. The molecule has 0 N–H and O–H groups in total. The first-order valence-electron chi connectivity index (χ1n) is 11.7. The lowest BCUT2D eigenvalue weighted by Gasteiger charge is -2.48. The van der Waals surface area contributed by atoms with Gasteiger partial charge in [-0.15, -0.1) is 0 Å². The highest BCUT2D eigenvalue weighted by molar-refractivity contribution is 14.1. The third-order valence-corrected chi connectivity index (χ3v) is 9.29. The number of allylic oxidation sites excluding steroid dienone is 1. The fourth-order valence-corrected chi connectivity index (χ4v) is 7.32. The summed E-state index contributed by atoms with van der Waals surface area (Å²) in [7, 11) is 0. The molecule has 5 heteroatoms. The van der Waals surface area contributed by atoms with Crippen molar-refractivity contribution in [3.8, 4) is 0 Å². The molecule has 5 rings (SSSR count). The van der Waals surface area contributed by atoms with E-state index < -0.39 is 11.7 Å². The lowest BCUT2D eigenvalue weighted by Crippen LogP contribution is -2.42. The minimum absolute atomic E-state index is 0.00845. The predicted molar refractivity (Wildman–Crippen MR) is 134 cm³/mol. The number of rotatable bonds is 4. The van der Waals surface area contributed by atoms with Crippen LogP contribution in [0.3, 0.4) is 0 Å². The zero-order valence-electron chi connectivity index (χ0n) is 18.6. The Balaban J connectivity index is 1.40. The van der Waals surface area contributed by atoms with Gasteiger partial charge in [-0.3, -0.25) is 9.59 Å². The van der Waals surface area contributed by atoms with E-state index in [1.54, 1.807) is 18.2 Å². The third kappa shape index (κ3) is 3.90. The topological polar surface area (TPSA) is 34.1 Å². The van der Waals surface area contributed by atoms with Gasteiger partial charge >= 0.3 is 5.92 Å². The first kappa shape index (κ1) is 22.9. The van der Waals surface area contributed by atoms with Gasteiger partial charge in [-0.2, -0.15) is 8.78 Å². The van der Waals surface area contributed by atoms with Crippen LogP contribution in [-0.4, -0.2) is 17.5 Å². The minimum Gasteiger partial charge on any atom is -0.299 e. The van der Waals surface area contributed by atoms with Crippen molar-refractivity contribution in [2.75, 3.05) is 0 Å². The van der Waals surface area contributed by atoms with Crippen LogP contribution < -0.4 is 0 Å². The molecule has 2 saturated carbocycles. The summed E-state index contributed by atoms with van der Waals surface area (Å²) in [6.07, 6.45) is 6.44. The van der Waals surface area contributed by atoms with E-state index in [1.165, 1.54) is 23.3 Å². The number of hydrogen-bond donors (Lipinski definition) is 0. The molecule has 33 heavy (non-hydrogen) atoms. The summed E-state index contributed by atoms with van der Waals surface area (Å²) < 4.78 is 29.8. The largest absolute Gasteiger partial charge is 0.329 e. The minimum atomic E-state index is -3.57. The Morgan fingerprint density at radius 3 is 2.58 bits per heavy atom. The second-order valence-corrected chi connectivity index (χ2v) is 11.2. The molecule has 0 amide bonds. The van der Waals surface area contributed by atoms with Crippen LogP contribution in [0.5, 0.6) is 0 Å². The van der Waals surface area contributed by atoms with E-state index in [1.807, 2.05) is 34.7 Å². The second kappa shape index (κ2) is 8.40. The van der Waals surface area contributed by atoms with Crippen LogP contribution >= 0.6 is 22.6 Å². The predicted octanol–water partition coefficient (Wildman–Crippen LogP) is 7.41. The number of ketones is 2. The Morgan fingerprint density at radius 2 is 1.82 bits per heavy atom. The molecule has 2 aromatic carbocycles. The van der Waals surface area contributed by atoms with Crippen molar-refractivity contribution in [1.82, 2.24) is 0 Å². The van der Waals surface area contributed by atoms with Gasteiger partial charge in [0.15, 0.2) is 0 Å². The van der Waals surface area contributed by atoms with Gasteiger partial charge in [0.25, 0.3) is 0 Å². The summed E-state index contributed by atoms with van der Waals surface area (Å²) in [5, 5.41) is 0. The molecule has 0 saturated heterocycles. The molecule has 0 bridgehead atoms. The molecule has 2 fully saturated rings. The van der Waals surface area contributed by atoms with Gasteiger partial charge in [0.05, 0.1) is 0 Å². The van der Waals surface area contributed by atoms with E-state index in [9.17, 15) is 18.4 Å². The second-order valence-electron chi connectivity index (χ2n) is 10.1. The summed E-state index contributed by atoms with van der Waals surface area (Å²) in [5.74, 6) is -2.85. The van der Waals surface area contributed by atoms with Crippen molar-refractivity contribution in [3.05, 3.63) is 76.9 Å². The summed E-state index contributed by atoms with van der Waals surface area (Å²) in [5.41, 5.74) is 3.14. The van der Waals surface area contributed by atoms with Crippen LogP contribution in [0.2, 0.25) is 0 Å². The first-order chi connectivity index (χ1) is 15.7. The van der Waals surface area contributed by atoms with Crippen molar-refractivity contribution in [2.24, 2.45) is 17.3 Å². The molecule has 0 heterocycles. The molecule has 0 radical (unpaired) electrons. The van der Waals surface area contributed by atoms with E-state index in [0.29, 0.717) is 27.1 Å². The van der Waals surface area contributed by atoms with E-state index in [4.69, 9.17) is 0 Å². The molecule has 2 nitrogen and oxygen atoms in total. The number of benzene rings is 2. The summed E-state index contributed by atoms with van der Waals surface area (Å²) >= 11 is 1.91. The monoisotopic (exact) mass is 560 g/mol. The molecule has 0 aliphatic heterocycles. The molecule has 0 aromatic heterocycles. The van der Waals surface area contributed by atoms with Crippen LogP contribution in [-0.2, 0) is 11.2 Å². The van der Waals surface area contributed by atoms with Crippen LogP contribution in [0.15, 0.2) is 54.6 Å². The molecule has 0 spiro atoms. The van der Waals surface area contributed by atoms with Gasteiger partial charge in [0.2, 0.25) is 5.78 Å². The van der Waals surface area contributed by atoms with E-state index in [-0.39, 0.29) is 11.0 Å². The Bertz CT molecular complexity index is 1140. The SMILES string of the molecule is C[C@]12CC[C@@H]3c4ccc(/C(I)=C\C(F)(F)C(=O)c5ccccc5)cc4CC[C@H]3[C@@H]1CCC2=O. The number of fused-ring (bicyclic) bond motifs is 5. The zero-order valence-corrected chi connectivity index (χ0v) is 20.8. The van der Waals surface area contributed by atoms with Crippen LogP contribution in [0.25, 0.3) is 3.58 Å². The Labute approximate surface area is 207 Å². The molecule has 4 atom stereocenters. The Morgan fingerprint density at radius 1 is 1.06 bits per heavy atom. The normalized spacial score (nSPS) is 29.3. The van der Waals surface area contributed by atoms with Gasteiger partial charge in [-0.1, -0.05) is 55.5 Å². The number of carbonyl (C=O) groups excluding carboxylic acids is 2. The van der Waals surface area contributed by atoms with Crippen molar-refractivity contribution in [2.45, 2.75) is 57.3 Å². The van der Waals surface area contributed by atoms with Crippen molar-refractivity contribution in [1.29, 1.82) is 0 Å². The Kier molecular flexibility index (Phi) is 5.82. The van der Waals surface area contributed by atoms with Gasteiger partial charge in [-0.25, -0.2) is 0 Å². The fraction of sp³-hybridized carbons (Fsp3) is 0.429. The highest BCUT2D eigenvalue weighted by Gasteiger charge is 2.54. The number of hydrogen-bond acceptors (Lipinski definition) is 2. The molecule has 2 aromatic rings. The average molecular weight is 560 g/mol. The molecule has 3 aliphatic carbocycles. The van der Waals surface area contributed by atoms with E-state index >= 15 is 0 Å². The molecular weight excluding hydrogens is 533 g/mol. The number of halogens is 3. The summed E-state index contributed by atoms with van der Waals surface area (Å²) in [6, 6.07) is 13.7. The van der Waals surface area contributed by atoms with E-state index in [0.717, 1.165) is 50.2 Å². The number of carbonyl (C=O) groups is 2. The lowest BCUT2D eigenvalue weighted by molar-refractivity contribution is -0.129.